The Hall–Kier alpha value is -0.952. The van der Waals surface area contributed by atoms with Gasteiger partial charge in [-0.3, -0.25) is 9.97 Å². The summed E-state index contributed by atoms with van der Waals surface area (Å²) < 4.78 is 5.01. The maximum atomic E-state index is 5.01. The maximum Gasteiger partial charge on any atom is 0.140 e. The first kappa shape index (κ1) is 9.14. The standard InChI is InChI=1S/C8H5N2O.Pt/c1-2-4-9-7(3-1)8-10-5-6-11-8;/h1-2,4-6H;/q-1;. The van der Waals surface area contributed by atoms with E-state index >= 15 is 0 Å². The molecule has 2 aromatic heterocycles. The van der Waals surface area contributed by atoms with Gasteiger partial charge in [0.05, 0.1) is 6.26 Å². The third-order valence-corrected chi connectivity index (χ3v) is 1.24. The van der Waals surface area contributed by atoms with Gasteiger partial charge in [0, 0.05) is 33.0 Å². The Bertz CT molecular complexity index is 320. The Kier molecular flexibility index (Phi) is 3.17. The Morgan fingerprint density at radius 2 is 2.17 bits per heavy atom. The summed E-state index contributed by atoms with van der Waals surface area (Å²) in [6.07, 6.45) is 4.77. The number of pyridine rings is 1. The van der Waals surface area contributed by atoms with Gasteiger partial charge in [-0.1, -0.05) is 0 Å². The minimum atomic E-state index is 0. The van der Waals surface area contributed by atoms with E-state index in [1.54, 1.807) is 24.5 Å². The van der Waals surface area contributed by atoms with Crippen molar-refractivity contribution in [2.75, 3.05) is 0 Å². The van der Waals surface area contributed by atoms with Gasteiger partial charge in [0.1, 0.15) is 5.89 Å². The van der Waals surface area contributed by atoms with Crippen LogP contribution in [0.15, 0.2) is 35.2 Å². The van der Waals surface area contributed by atoms with E-state index < -0.39 is 0 Å². The number of rotatable bonds is 1. The zero-order valence-corrected chi connectivity index (χ0v) is 8.28. The molecule has 0 fully saturated rings. The minimum Gasteiger partial charge on any atom is -0.501 e. The van der Waals surface area contributed by atoms with Crippen molar-refractivity contribution in [3.8, 4) is 11.6 Å². The van der Waals surface area contributed by atoms with Gasteiger partial charge in [0.2, 0.25) is 0 Å². The number of hydrogen-bond donors (Lipinski definition) is 0. The van der Waals surface area contributed by atoms with Crippen LogP contribution in [-0.2, 0) is 21.1 Å². The van der Waals surface area contributed by atoms with Gasteiger partial charge in [-0.05, 0) is 6.20 Å². The zero-order chi connectivity index (χ0) is 7.52. The molecule has 0 spiro atoms. The third kappa shape index (κ3) is 1.80. The molecule has 0 atom stereocenters. The summed E-state index contributed by atoms with van der Waals surface area (Å²) in [7, 11) is 0. The second-order valence-corrected chi connectivity index (χ2v) is 1.97. The average molecular weight is 340 g/mol. The predicted octanol–water partition coefficient (Wildman–Crippen LogP) is 1.53. The molecule has 2 heterocycles. The van der Waals surface area contributed by atoms with Gasteiger partial charge in [-0.2, -0.15) is 12.1 Å². The van der Waals surface area contributed by atoms with Crippen LogP contribution in [0.4, 0.5) is 0 Å². The first-order valence-electron chi connectivity index (χ1n) is 3.19. The molecule has 2 rings (SSSR count). The molecule has 12 heavy (non-hydrogen) atoms. The van der Waals surface area contributed by atoms with E-state index in [0.717, 1.165) is 0 Å². The van der Waals surface area contributed by atoms with Crippen molar-refractivity contribution >= 4 is 0 Å². The van der Waals surface area contributed by atoms with Crippen molar-refractivity contribution < 1.29 is 25.5 Å². The molecule has 0 aliphatic heterocycles. The van der Waals surface area contributed by atoms with Crippen LogP contribution in [0.1, 0.15) is 0 Å². The molecule has 0 saturated heterocycles. The first-order chi connectivity index (χ1) is 5.47. The van der Waals surface area contributed by atoms with Crippen LogP contribution in [0.2, 0.25) is 0 Å². The van der Waals surface area contributed by atoms with Gasteiger partial charge in [-0.25, -0.2) is 0 Å². The van der Waals surface area contributed by atoms with E-state index in [9.17, 15) is 0 Å². The largest absolute Gasteiger partial charge is 0.501 e. The maximum absolute atomic E-state index is 5.01. The topological polar surface area (TPSA) is 38.9 Å². The monoisotopic (exact) mass is 340 g/mol. The van der Waals surface area contributed by atoms with Gasteiger partial charge >= 0.3 is 0 Å². The predicted molar refractivity (Wildman–Crippen MR) is 38.6 cm³/mol. The summed E-state index contributed by atoms with van der Waals surface area (Å²) in [6, 6.07) is 6.47. The molecule has 2 aromatic rings. The van der Waals surface area contributed by atoms with Crippen molar-refractivity contribution in [2.45, 2.75) is 0 Å². The van der Waals surface area contributed by atoms with Gasteiger partial charge in [-0.15, -0.1) is 6.07 Å². The molecule has 0 amide bonds. The number of oxazole rings is 1. The summed E-state index contributed by atoms with van der Waals surface area (Å²) >= 11 is 0. The second-order valence-electron chi connectivity index (χ2n) is 1.97. The third-order valence-electron chi connectivity index (χ3n) is 1.24. The molecular formula is C8H5N2OPt-. The molecule has 0 aliphatic rings. The molecule has 0 N–H and O–H groups in total. The Morgan fingerprint density at radius 3 is 2.75 bits per heavy atom. The number of hydrogen-bond acceptors (Lipinski definition) is 3. The molecule has 0 radical (unpaired) electrons. The zero-order valence-electron chi connectivity index (χ0n) is 6.01. The van der Waals surface area contributed by atoms with Crippen LogP contribution in [0, 0.1) is 6.07 Å². The van der Waals surface area contributed by atoms with Crippen LogP contribution in [-0.4, -0.2) is 9.97 Å². The average Bonchev–Trinajstić information content (AvgIpc) is 2.58. The summed E-state index contributed by atoms with van der Waals surface area (Å²) in [5.74, 6) is 0.505. The van der Waals surface area contributed by atoms with Crippen molar-refractivity contribution in [3.05, 3.63) is 36.9 Å². The number of aromatic nitrogens is 2. The van der Waals surface area contributed by atoms with Gasteiger partial charge < -0.3 is 4.42 Å². The van der Waals surface area contributed by atoms with E-state index in [-0.39, 0.29) is 21.1 Å². The molecule has 0 aromatic carbocycles. The smallest absolute Gasteiger partial charge is 0.140 e. The van der Waals surface area contributed by atoms with E-state index in [4.69, 9.17) is 4.42 Å². The quantitative estimate of drug-likeness (QED) is 0.739. The second kappa shape index (κ2) is 4.17. The fourth-order valence-corrected chi connectivity index (χ4v) is 0.782. The van der Waals surface area contributed by atoms with Crippen molar-refractivity contribution in [3.63, 3.8) is 0 Å². The first-order valence-corrected chi connectivity index (χ1v) is 3.19. The summed E-state index contributed by atoms with van der Waals surface area (Å²) in [4.78, 5) is 7.94. The molecule has 0 saturated carbocycles. The van der Waals surface area contributed by atoms with Crippen molar-refractivity contribution in [1.82, 2.24) is 9.97 Å². The molecular weight excluding hydrogens is 335 g/mol. The SMILES string of the molecule is [Pt].[c-]1cccnc1-c1ncco1. The Morgan fingerprint density at radius 1 is 1.25 bits per heavy atom. The molecule has 4 heteroatoms. The Labute approximate surface area is 84.1 Å². The van der Waals surface area contributed by atoms with E-state index in [1.807, 2.05) is 0 Å². The van der Waals surface area contributed by atoms with Gasteiger partial charge in [0.15, 0.2) is 0 Å². The summed E-state index contributed by atoms with van der Waals surface area (Å²) in [6.45, 7) is 0. The minimum absolute atomic E-state index is 0. The van der Waals surface area contributed by atoms with E-state index in [2.05, 4.69) is 16.0 Å². The fraction of sp³-hybridized carbons (Fsp3) is 0. The van der Waals surface area contributed by atoms with E-state index in [1.165, 1.54) is 6.26 Å². The normalized spacial score (nSPS) is 9.00. The Balaban J connectivity index is 0.000000720. The van der Waals surface area contributed by atoms with E-state index in [0.29, 0.717) is 11.6 Å². The summed E-state index contributed by atoms with van der Waals surface area (Å²) in [5, 5.41) is 0. The molecule has 3 nitrogen and oxygen atoms in total. The van der Waals surface area contributed by atoms with Crippen LogP contribution in [0.25, 0.3) is 11.6 Å². The van der Waals surface area contributed by atoms with Crippen LogP contribution in [0.3, 0.4) is 0 Å². The molecule has 0 bridgehead atoms. The molecule has 64 valence electrons. The van der Waals surface area contributed by atoms with Crippen molar-refractivity contribution in [2.24, 2.45) is 0 Å². The van der Waals surface area contributed by atoms with Crippen molar-refractivity contribution in [1.29, 1.82) is 0 Å². The van der Waals surface area contributed by atoms with Crippen LogP contribution in [0.5, 0.6) is 0 Å². The van der Waals surface area contributed by atoms with Crippen LogP contribution < -0.4 is 0 Å². The van der Waals surface area contributed by atoms with Crippen LogP contribution >= 0.6 is 0 Å². The summed E-state index contributed by atoms with van der Waals surface area (Å²) in [5.41, 5.74) is 0.637. The fourth-order valence-electron chi connectivity index (χ4n) is 0.782. The molecule has 0 unspecified atom stereocenters. The van der Waals surface area contributed by atoms with Gasteiger partial charge in [0.25, 0.3) is 0 Å². The number of nitrogens with zero attached hydrogens (tertiary/aromatic N) is 2. The molecule has 0 aliphatic carbocycles.